The Labute approximate surface area is 127 Å². The molecular formula is C15H19FN2O2S. The molecule has 1 aromatic carbocycles. The van der Waals surface area contributed by atoms with Crippen molar-refractivity contribution >= 4 is 33.0 Å². The predicted molar refractivity (Wildman–Crippen MR) is 84.2 cm³/mol. The van der Waals surface area contributed by atoms with Gasteiger partial charge in [-0.05, 0) is 26.0 Å². The van der Waals surface area contributed by atoms with Gasteiger partial charge in [0.1, 0.15) is 10.7 Å². The predicted octanol–water partition coefficient (Wildman–Crippen LogP) is 3.12. The van der Waals surface area contributed by atoms with Crippen LogP contribution in [0.2, 0.25) is 0 Å². The van der Waals surface area contributed by atoms with Crippen LogP contribution in [-0.2, 0) is 4.74 Å². The van der Waals surface area contributed by atoms with Crippen LogP contribution < -0.4 is 5.73 Å². The number of nitrogen functional groups attached to an aromatic ring is 1. The number of ether oxygens (including phenoxy) is 1. The Morgan fingerprint density at radius 1 is 1.48 bits per heavy atom. The number of hydrogen-bond donors (Lipinski definition) is 1. The van der Waals surface area contributed by atoms with Gasteiger partial charge < -0.3 is 15.4 Å². The van der Waals surface area contributed by atoms with Gasteiger partial charge in [0.25, 0.3) is 5.91 Å². The number of anilines is 1. The molecule has 0 bridgehead atoms. The standard InChI is InChI=1S/C15H19FN2O2S/c1-9(2)18(7-8-20-3)15(19)14-13(17)12-10(16)5-4-6-11(12)21-14/h4-6,9H,7-8,17H2,1-3H3. The third-order valence-electron chi connectivity index (χ3n) is 3.32. The van der Waals surface area contributed by atoms with Crippen LogP contribution in [0, 0.1) is 5.82 Å². The Hall–Kier alpha value is -1.66. The molecule has 0 aliphatic rings. The highest BCUT2D eigenvalue weighted by molar-refractivity contribution is 7.21. The summed E-state index contributed by atoms with van der Waals surface area (Å²) in [6.45, 7) is 4.78. The van der Waals surface area contributed by atoms with Gasteiger partial charge in [0.05, 0.1) is 17.7 Å². The van der Waals surface area contributed by atoms with Crippen molar-refractivity contribution in [1.82, 2.24) is 4.90 Å². The quantitative estimate of drug-likeness (QED) is 0.923. The van der Waals surface area contributed by atoms with Gasteiger partial charge in [-0.25, -0.2) is 4.39 Å². The van der Waals surface area contributed by atoms with Gasteiger partial charge in [0.2, 0.25) is 0 Å². The Bertz CT molecular complexity index is 654. The van der Waals surface area contributed by atoms with E-state index in [1.165, 1.54) is 17.4 Å². The molecule has 1 heterocycles. The molecule has 0 fully saturated rings. The summed E-state index contributed by atoms with van der Waals surface area (Å²) in [7, 11) is 1.59. The van der Waals surface area contributed by atoms with E-state index in [0.29, 0.717) is 28.1 Å². The van der Waals surface area contributed by atoms with E-state index >= 15 is 0 Å². The van der Waals surface area contributed by atoms with Gasteiger partial charge in [-0.1, -0.05) is 6.07 Å². The maximum absolute atomic E-state index is 13.9. The van der Waals surface area contributed by atoms with Crippen molar-refractivity contribution in [3.8, 4) is 0 Å². The lowest BCUT2D eigenvalue weighted by atomic mass is 10.2. The molecule has 0 radical (unpaired) electrons. The van der Waals surface area contributed by atoms with Crippen LogP contribution in [0.1, 0.15) is 23.5 Å². The summed E-state index contributed by atoms with van der Waals surface area (Å²) in [5.41, 5.74) is 6.22. The molecule has 0 aliphatic carbocycles. The van der Waals surface area contributed by atoms with Gasteiger partial charge in [0.15, 0.2) is 0 Å². The van der Waals surface area contributed by atoms with Gasteiger partial charge in [-0.3, -0.25) is 4.79 Å². The summed E-state index contributed by atoms with van der Waals surface area (Å²) >= 11 is 1.23. The van der Waals surface area contributed by atoms with Crippen LogP contribution in [0.3, 0.4) is 0 Å². The van der Waals surface area contributed by atoms with Gasteiger partial charge >= 0.3 is 0 Å². The van der Waals surface area contributed by atoms with Gasteiger partial charge in [-0.15, -0.1) is 11.3 Å². The number of carbonyl (C=O) groups excluding carboxylic acids is 1. The Morgan fingerprint density at radius 3 is 2.76 bits per heavy atom. The van der Waals surface area contributed by atoms with Crippen LogP contribution in [0.5, 0.6) is 0 Å². The van der Waals surface area contributed by atoms with E-state index in [1.807, 2.05) is 13.8 Å². The van der Waals surface area contributed by atoms with E-state index in [9.17, 15) is 9.18 Å². The molecule has 0 aliphatic heterocycles. The molecule has 1 amide bonds. The molecule has 6 heteroatoms. The average molecular weight is 310 g/mol. The summed E-state index contributed by atoms with van der Waals surface area (Å²) in [5.74, 6) is -0.576. The van der Waals surface area contributed by atoms with Crippen molar-refractivity contribution in [1.29, 1.82) is 0 Å². The molecule has 114 valence electrons. The highest BCUT2D eigenvalue weighted by Crippen LogP contribution is 2.36. The van der Waals surface area contributed by atoms with Crippen LogP contribution in [0.25, 0.3) is 10.1 Å². The molecule has 0 unspecified atom stereocenters. The molecule has 0 atom stereocenters. The minimum atomic E-state index is -0.395. The summed E-state index contributed by atoms with van der Waals surface area (Å²) in [6, 6.07) is 4.75. The first-order valence-electron chi connectivity index (χ1n) is 6.73. The number of hydrogen-bond acceptors (Lipinski definition) is 4. The first-order valence-corrected chi connectivity index (χ1v) is 7.55. The zero-order valence-corrected chi connectivity index (χ0v) is 13.2. The number of thiophene rings is 1. The van der Waals surface area contributed by atoms with Crippen molar-refractivity contribution < 1.29 is 13.9 Å². The highest BCUT2D eigenvalue weighted by Gasteiger charge is 2.24. The second kappa shape index (κ2) is 6.41. The molecular weight excluding hydrogens is 291 g/mol. The van der Waals surface area contributed by atoms with Gasteiger partial charge in [0, 0.05) is 24.4 Å². The number of carbonyl (C=O) groups is 1. The summed E-state index contributed by atoms with van der Waals surface area (Å²) in [4.78, 5) is 14.7. The van der Waals surface area contributed by atoms with Crippen molar-refractivity contribution in [2.45, 2.75) is 19.9 Å². The number of halogens is 1. The lowest BCUT2D eigenvalue weighted by molar-refractivity contribution is 0.0641. The minimum absolute atomic E-state index is 0.0158. The zero-order chi connectivity index (χ0) is 15.6. The lowest BCUT2D eigenvalue weighted by Gasteiger charge is -2.26. The number of nitrogens with two attached hydrogens (primary N) is 1. The third-order valence-corrected chi connectivity index (χ3v) is 4.47. The van der Waals surface area contributed by atoms with Crippen LogP contribution in [0.4, 0.5) is 10.1 Å². The Balaban J connectivity index is 2.42. The van der Waals surface area contributed by atoms with Gasteiger partial charge in [-0.2, -0.15) is 0 Å². The molecule has 2 aromatic rings. The molecule has 0 saturated carbocycles. The molecule has 4 nitrogen and oxygen atoms in total. The fraction of sp³-hybridized carbons (Fsp3) is 0.400. The fourth-order valence-corrected chi connectivity index (χ4v) is 3.30. The van der Waals surface area contributed by atoms with Crippen molar-refractivity contribution in [3.05, 3.63) is 28.9 Å². The summed E-state index contributed by atoms with van der Waals surface area (Å²) < 4.78 is 19.6. The van der Waals surface area contributed by atoms with Crippen molar-refractivity contribution in [2.24, 2.45) is 0 Å². The molecule has 0 spiro atoms. The first kappa shape index (κ1) is 15.7. The Kier molecular flexibility index (Phi) is 4.80. The van der Waals surface area contributed by atoms with Crippen molar-refractivity contribution in [3.63, 3.8) is 0 Å². The average Bonchev–Trinajstić information content (AvgIpc) is 2.77. The van der Waals surface area contributed by atoms with E-state index in [1.54, 1.807) is 24.1 Å². The number of benzene rings is 1. The number of nitrogens with zero attached hydrogens (tertiary/aromatic N) is 1. The molecule has 2 N–H and O–H groups in total. The number of fused-ring (bicyclic) bond motifs is 1. The van der Waals surface area contributed by atoms with Crippen molar-refractivity contribution in [2.75, 3.05) is 26.0 Å². The third kappa shape index (κ3) is 3.01. The maximum Gasteiger partial charge on any atom is 0.266 e. The van der Waals surface area contributed by atoms with E-state index in [2.05, 4.69) is 0 Å². The van der Waals surface area contributed by atoms with E-state index in [0.717, 1.165) is 0 Å². The largest absolute Gasteiger partial charge is 0.397 e. The summed E-state index contributed by atoms with van der Waals surface area (Å²) in [6.07, 6.45) is 0. The number of amides is 1. The highest BCUT2D eigenvalue weighted by atomic mass is 32.1. The van der Waals surface area contributed by atoms with E-state index in [-0.39, 0.29) is 17.6 Å². The molecule has 0 saturated heterocycles. The molecule has 21 heavy (non-hydrogen) atoms. The SMILES string of the molecule is COCCN(C(=O)c1sc2cccc(F)c2c1N)C(C)C. The zero-order valence-electron chi connectivity index (χ0n) is 12.4. The molecule has 2 rings (SSSR count). The lowest BCUT2D eigenvalue weighted by Crippen LogP contribution is -2.39. The maximum atomic E-state index is 13.9. The van der Waals surface area contributed by atoms with E-state index in [4.69, 9.17) is 10.5 Å². The second-order valence-corrected chi connectivity index (χ2v) is 6.10. The van der Waals surface area contributed by atoms with E-state index < -0.39 is 5.82 Å². The number of rotatable bonds is 5. The normalized spacial score (nSPS) is 11.3. The second-order valence-electron chi connectivity index (χ2n) is 5.04. The number of methoxy groups -OCH3 is 1. The first-order chi connectivity index (χ1) is 9.97. The van der Waals surface area contributed by atoms with Crippen LogP contribution in [-0.4, -0.2) is 37.1 Å². The molecule has 1 aromatic heterocycles. The van der Waals surface area contributed by atoms with Crippen LogP contribution in [0.15, 0.2) is 18.2 Å². The smallest absolute Gasteiger partial charge is 0.266 e. The topological polar surface area (TPSA) is 55.6 Å². The Morgan fingerprint density at radius 2 is 2.19 bits per heavy atom. The minimum Gasteiger partial charge on any atom is -0.397 e. The fourth-order valence-electron chi connectivity index (χ4n) is 2.20. The monoisotopic (exact) mass is 310 g/mol. The van der Waals surface area contributed by atoms with Crippen LogP contribution >= 0.6 is 11.3 Å². The summed E-state index contributed by atoms with van der Waals surface area (Å²) in [5, 5.41) is 0.335.